The van der Waals surface area contributed by atoms with Crippen LogP contribution in [0.25, 0.3) is 33.2 Å². The van der Waals surface area contributed by atoms with Crippen LogP contribution in [0.1, 0.15) is 5.56 Å². The van der Waals surface area contributed by atoms with Crippen molar-refractivity contribution in [2.75, 3.05) is 0 Å². The van der Waals surface area contributed by atoms with Crippen LogP contribution in [0.5, 0.6) is 5.75 Å². The Morgan fingerprint density at radius 3 is 2.82 bits per heavy atom. The predicted octanol–water partition coefficient (Wildman–Crippen LogP) is 5.32. The number of hydrogen-bond donors (Lipinski definition) is 1. The van der Waals surface area contributed by atoms with Gasteiger partial charge in [0.2, 0.25) is 0 Å². The van der Waals surface area contributed by atoms with E-state index in [9.17, 15) is 5.11 Å². The topological polar surface area (TPSA) is 46.3 Å². The molecule has 1 N–H and O–H groups in total. The number of aromatic nitrogens is 1. The van der Waals surface area contributed by atoms with Crippen LogP contribution in [0.15, 0.2) is 53.1 Å². The van der Waals surface area contributed by atoms with E-state index < -0.39 is 0 Å². The summed E-state index contributed by atoms with van der Waals surface area (Å²) < 4.78 is 6.01. The number of aromatic hydroxyl groups is 1. The lowest BCUT2D eigenvalue weighted by molar-refractivity contribution is 0.471. The van der Waals surface area contributed by atoms with Gasteiger partial charge in [0.05, 0.1) is 5.02 Å². The summed E-state index contributed by atoms with van der Waals surface area (Å²) in [6, 6.07) is 13.0. The smallest absolute Gasteiger partial charge is 0.161 e. The minimum absolute atomic E-state index is 0.273. The molecule has 0 atom stereocenters. The van der Waals surface area contributed by atoms with Crippen molar-refractivity contribution < 1.29 is 9.52 Å². The molecule has 0 radical (unpaired) electrons. The molecule has 22 heavy (non-hydrogen) atoms. The highest BCUT2D eigenvalue weighted by Crippen LogP contribution is 2.36. The molecule has 0 amide bonds. The van der Waals surface area contributed by atoms with E-state index in [1.165, 1.54) is 0 Å². The summed E-state index contributed by atoms with van der Waals surface area (Å²) in [5.41, 5.74) is 3.19. The van der Waals surface area contributed by atoms with Crippen LogP contribution in [-0.4, -0.2) is 10.1 Å². The van der Waals surface area contributed by atoms with Crippen LogP contribution < -0.4 is 0 Å². The molecule has 0 spiro atoms. The Morgan fingerprint density at radius 2 is 2.00 bits per heavy atom. The fraction of sp³-hybridized carbons (Fsp3) is 0.0556. The second-order valence-corrected chi connectivity index (χ2v) is 5.70. The van der Waals surface area contributed by atoms with Gasteiger partial charge in [0.25, 0.3) is 0 Å². The Bertz CT molecular complexity index is 1020. The standard InChI is InChI=1S/C18H12ClNO2/c1-10-7-11(4-5-15(10)21)16-9-12-8-14(19)13-3-2-6-20-17(13)18(12)22-16/h2-9,21H,1H3. The third kappa shape index (κ3) is 1.94. The highest BCUT2D eigenvalue weighted by atomic mass is 35.5. The average Bonchev–Trinajstić information content (AvgIpc) is 2.94. The van der Waals surface area contributed by atoms with Crippen LogP contribution in [0.3, 0.4) is 0 Å². The Hall–Kier alpha value is -2.52. The summed E-state index contributed by atoms with van der Waals surface area (Å²) >= 11 is 6.32. The van der Waals surface area contributed by atoms with Crippen LogP contribution in [0.2, 0.25) is 5.02 Å². The fourth-order valence-corrected chi connectivity index (χ4v) is 2.91. The molecule has 2 aromatic carbocycles. The molecule has 4 heteroatoms. The summed E-state index contributed by atoms with van der Waals surface area (Å²) in [6.45, 7) is 1.86. The van der Waals surface area contributed by atoms with Crippen molar-refractivity contribution in [3.63, 3.8) is 0 Å². The molecule has 3 nitrogen and oxygen atoms in total. The van der Waals surface area contributed by atoms with Crippen molar-refractivity contribution in [1.29, 1.82) is 0 Å². The first-order chi connectivity index (χ1) is 10.6. The lowest BCUT2D eigenvalue weighted by Gasteiger charge is -2.01. The van der Waals surface area contributed by atoms with Crippen molar-refractivity contribution >= 4 is 33.5 Å². The first-order valence-corrected chi connectivity index (χ1v) is 7.28. The van der Waals surface area contributed by atoms with Crippen molar-refractivity contribution in [1.82, 2.24) is 4.98 Å². The summed E-state index contributed by atoms with van der Waals surface area (Å²) in [6.07, 6.45) is 1.73. The van der Waals surface area contributed by atoms with Gasteiger partial charge in [0.15, 0.2) is 5.58 Å². The summed E-state index contributed by atoms with van der Waals surface area (Å²) in [7, 11) is 0. The van der Waals surface area contributed by atoms with Gasteiger partial charge < -0.3 is 9.52 Å². The normalized spacial score (nSPS) is 11.4. The number of phenolic OH excluding ortho intramolecular Hbond substituents is 1. The van der Waals surface area contributed by atoms with Gasteiger partial charge in [0.1, 0.15) is 17.0 Å². The maximum atomic E-state index is 9.65. The monoisotopic (exact) mass is 309 g/mol. The molecule has 0 unspecified atom stereocenters. The largest absolute Gasteiger partial charge is 0.508 e. The molecular formula is C18H12ClNO2. The third-order valence-corrected chi connectivity index (χ3v) is 4.12. The van der Waals surface area contributed by atoms with E-state index >= 15 is 0 Å². The maximum Gasteiger partial charge on any atom is 0.161 e. The van der Waals surface area contributed by atoms with Crippen LogP contribution in [-0.2, 0) is 0 Å². The van der Waals surface area contributed by atoms with Crippen LogP contribution in [0.4, 0.5) is 0 Å². The molecule has 0 aliphatic rings. The lowest BCUT2D eigenvalue weighted by Crippen LogP contribution is -1.79. The minimum Gasteiger partial charge on any atom is -0.508 e. The number of rotatable bonds is 1. The zero-order chi connectivity index (χ0) is 15.3. The number of phenols is 1. The molecule has 2 heterocycles. The lowest BCUT2D eigenvalue weighted by atomic mass is 10.1. The summed E-state index contributed by atoms with van der Waals surface area (Å²) in [5, 5.41) is 12.1. The fourth-order valence-electron chi connectivity index (χ4n) is 2.64. The van der Waals surface area contributed by atoms with Gasteiger partial charge in [-0.05, 0) is 55.0 Å². The third-order valence-electron chi connectivity index (χ3n) is 3.80. The van der Waals surface area contributed by atoms with E-state index in [0.717, 1.165) is 38.8 Å². The summed E-state index contributed by atoms with van der Waals surface area (Å²) in [5.74, 6) is 1.00. The number of fused-ring (bicyclic) bond motifs is 3. The highest BCUT2D eigenvalue weighted by Gasteiger charge is 2.13. The van der Waals surface area contributed by atoms with E-state index in [1.807, 2.05) is 43.3 Å². The SMILES string of the molecule is Cc1cc(-c2cc3cc(Cl)c4cccnc4c3o2)ccc1O. The van der Waals surface area contributed by atoms with E-state index in [1.54, 1.807) is 12.3 Å². The second-order valence-electron chi connectivity index (χ2n) is 5.29. The van der Waals surface area contributed by atoms with Gasteiger partial charge in [-0.25, -0.2) is 0 Å². The average molecular weight is 310 g/mol. The summed E-state index contributed by atoms with van der Waals surface area (Å²) in [4.78, 5) is 4.39. The molecule has 0 fully saturated rings. The molecule has 0 aliphatic carbocycles. The van der Waals surface area contributed by atoms with E-state index in [-0.39, 0.29) is 5.75 Å². The maximum absolute atomic E-state index is 9.65. The molecule has 0 saturated heterocycles. The number of hydrogen-bond acceptors (Lipinski definition) is 3. The molecule has 0 saturated carbocycles. The number of furan rings is 1. The molecule has 4 rings (SSSR count). The Morgan fingerprint density at radius 1 is 1.14 bits per heavy atom. The second kappa shape index (κ2) is 4.75. The van der Waals surface area contributed by atoms with E-state index in [2.05, 4.69) is 4.98 Å². The molecule has 0 bridgehead atoms. The number of pyridine rings is 1. The van der Waals surface area contributed by atoms with E-state index in [4.69, 9.17) is 16.0 Å². The van der Waals surface area contributed by atoms with Gasteiger partial charge in [-0.15, -0.1) is 0 Å². The molecule has 0 aliphatic heterocycles. The van der Waals surface area contributed by atoms with E-state index in [0.29, 0.717) is 5.02 Å². The first-order valence-electron chi connectivity index (χ1n) is 6.90. The number of halogens is 1. The van der Waals surface area contributed by atoms with Gasteiger partial charge in [-0.2, -0.15) is 0 Å². The molecular weight excluding hydrogens is 298 g/mol. The molecule has 4 aromatic rings. The predicted molar refractivity (Wildman–Crippen MR) is 88.4 cm³/mol. The number of benzene rings is 2. The van der Waals surface area contributed by atoms with Gasteiger partial charge >= 0.3 is 0 Å². The van der Waals surface area contributed by atoms with Crippen LogP contribution >= 0.6 is 11.6 Å². The number of aryl methyl sites for hydroxylation is 1. The molecule has 2 aromatic heterocycles. The minimum atomic E-state index is 0.273. The van der Waals surface area contributed by atoms with Gasteiger partial charge in [0, 0.05) is 22.5 Å². The first kappa shape index (κ1) is 13.2. The van der Waals surface area contributed by atoms with Crippen molar-refractivity contribution in [3.05, 3.63) is 59.2 Å². The van der Waals surface area contributed by atoms with Gasteiger partial charge in [-0.1, -0.05) is 11.6 Å². The van der Waals surface area contributed by atoms with Crippen molar-refractivity contribution in [2.24, 2.45) is 0 Å². The zero-order valence-corrected chi connectivity index (χ0v) is 12.6. The Kier molecular flexibility index (Phi) is 2.84. The van der Waals surface area contributed by atoms with Crippen LogP contribution in [0, 0.1) is 6.92 Å². The zero-order valence-electron chi connectivity index (χ0n) is 11.8. The number of nitrogens with zero attached hydrogens (tertiary/aromatic N) is 1. The van der Waals surface area contributed by atoms with Crippen molar-refractivity contribution in [2.45, 2.75) is 6.92 Å². The highest BCUT2D eigenvalue weighted by molar-refractivity contribution is 6.37. The van der Waals surface area contributed by atoms with Crippen molar-refractivity contribution in [3.8, 4) is 17.1 Å². The molecule has 108 valence electrons. The Labute approximate surface area is 131 Å². The van der Waals surface area contributed by atoms with Gasteiger partial charge in [-0.3, -0.25) is 4.98 Å². The quantitative estimate of drug-likeness (QED) is 0.518. The Balaban J connectivity index is 2.01.